The van der Waals surface area contributed by atoms with Crippen molar-refractivity contribution in [3.63, 3.8) is 0 Å². The van der Waals surface area contributed by atoms with Crippen molar-refractivity contribution in [3.8, 4) is 35.5 Å². The average Bonchev–Trinajstić information content (AvgIpc) is 2.70. The first kappa shape index (κ1) is 26.1. The lowest BCUT2D eigenvalue weighted by molar-refractivity contribution is -0.144. The molecule has 0 unspecified atom stereocenters. The second-order valence-electron chi connectivity index (χ2n) is 6.31. The molecule has 0 aromatic rings. The third-order valence-electron chi connectivity index (χ3n) is 3.77. The lowest BCUT2D eigenvalue weighted by Gasteiger charge is -2.15. The van der Waals surface area contributed by atoms with E-state index in [4.69, 9.17) is 9.47 Å². The van der Waals surface area contributed by atoms with Crippen LogP contribution in [0.2, 0.25) is 0 Å². The summed E-state index contributed by atoms with van der Waals surface area (Å²) >= 11 is 0. The number of esters is 2. The number of nitrogens with zero attached hydrogens (tertiary/aromatic N) is 1. The first-order chi connectivity index (χ1) is 14.0. The molecule has 0 saturated heterocycles. The molecule has 1 amide bonds. The Morgan fingerprint density at radius 3 is 2.21 bits per heavy atom. The normalized spacial score (nSPS) is 8.93. The second-order valence-corrected chi connectivity index (χ2v) is 6.31. The van der Waals surface area contributed by atoms with E-state index in [2.05, 4.69) is 35.5 Å². The highest BCUT2D eigenvalue weighted by Gasteiger charge is 2.07. The van der Waals surface area contributed by atoms with E-state index in [-0.39, 0.29) is 24.9 Å². The summed E-state index contributed by atoms with van der Waals surface area (Å²) in [6.07, 6.45) is 5.31. The molecule has 0 aromatic carbocycles. The molecule has 0 radical (unpaired) electrons. The Balaban J connectivity index is 3.61. The molecule has 158 valence electrons. The molecule has 0 aliphatic carbocycles. The predicted octanol–water partition coefficient (Wildman–Crippen LogP) is 2.70. The number of hydrogen-bond acceptors (Lipinski definition) is 5. The fourth-order valence-corrected chi connectivity index (χ4v) is 2.24. The summed E-state index contributed by atoms with van der Waals surface area (Å²) < 4.78 is 10.1. The third-order valence-corrected chi connectivity index (χ3v) is 3.77. The minimum atomic E-state index is -0.647. The Labute approximate surface area is 174 Å². The molecule has 0 saturated carbocycles. The quantitative estimate of drug-likeness (QED) is 0.205. The van der Waals surface area contributed by atoms with Crippen molar-refractivity contribution in [3.05, 3.63) is 0 Å². The molecule has 0 heterocycles. The van der Waals surface area contributed by atoms with Crippen LogP contribution in [0, 0.1) is 35.5 Å². The van der Waals surface area contributed by atoms with Crippen molar-refractivity contribution in [1.82, 2.24) is 4.90 Å². The lowest BCUT2D eigenvalue weighted by atomic mass is 10.2. The van der Waals surface area contributed by atoms with Crippen molar-refractivity contribution in [2.75, 3.05) is 26.8 Å². The summed E-state index contributed by atoms with van der Waals surface area (Å²) in [6.45, 7) is 5.05. The van der Waals surface area contributed by atoms with Gasteiger partial charge in [-0.3, -0.25) is 9.59 Å². The van der Waals surface area contributed by atoms with Crippen LogP contribution in [0.1, 0.15) is 65.2 Å². The van der Waals surface area contributed by atoms with Gasteiger partial charge in [0.2, 0.25) is 5.91 Å². The van der Waals surface area contributed by atoms with E-state index in [0.29, 0.717) is 25.9 Å². The van der Waals surface area contributed by atoms with Gasteiger partial charge in [0, 0.05) is 32.4 Å². The van der Waals surface area contributed by atoms with E-state index < -0.39 is 5.97 Å². The number of hydrogen-bond donors (Lipinski definition) is 0. The molecule has 0 aliphatic rings. The zero-order chi connectivity index (χ0) is 21.7. The molecule has 0 bridgehead atoms. The number of amides is 1. The number of carbonyl (C=O) groups is 3. The van der Waals surface area contributed by atoms with E-state index in [0.717, 1.165) is 32.2 Å². The first-order valence-electron chi connectivity index (χ1n) is 10.00. The fourth-order valence-electron chi connectivity index (χ4n) is 2.24. The van der Waals surface area contributed by atoms with Crippen LogP contribution in [0.3, 0.4) is 0 Å². The van der Waals surface area contributed by atoms with Crippen LogP contribution in [-0.4, -0.2) is 49.6 Å². The van der Waals surface area contributed by atoms with Gasteiger partial charge in [0.25, 0.3) is 0 Å². The minimum Gasteiger partial charge on any atom is -0.466 e. The van der Waals surface area contributed by atoms with Crippen LogP contribution < -0.4 is 0 Å². The van der Waals surface area contributed by atoms with Crippen LogP contribution in [0.4, 0.5) is 0 Å². The van der Waals surface area contributed by atoms with Gasteiger partial charge in [-0.1, -0.05) is 12.8 Å². The summed E-state index contributed by atoms with van der Waals surface area (Å²) in [5.74, 6) is 13.8. The van der Waals surface area contributed by atoms with E-state index >= 15 is 0 Å². The summed E-state index contributed by atoms with van der Waals surface area (Å²) in [5, 5.41) is 0. The molecule has 0 N–H and O–H groups in total. The Hall–Kier alpha value is -2.91. The van der Waals surface area contributed by atoms with Gasteiger partial charge in [-0.25, -0.2) is 4.79 Å². The van der Waals surface area contributed by atoms with Crippen LogP contribution in [0.15, 0.2) is 0 Å². The van der Waals surface area contributed by atoms with Crippen LogP contribution in [0.25, 0.3) is 0 Å². The molecule has 6 heteroatoms. The lowest BCUT2D eigenvalue weighted by Crippen LogP contribution is -2.26. The number of unbranched alkanes of at least 4 members (excludes halogenated alkanes) is 3. The van der Waals surface area contributed by atoms with Gasteiger partial charge >= 0.3 is 11.9 Å². The molecular weight excluding hydrogens is 370 g/mol. The molecule has 6 nitrogen and oxygen atoms in total. The monoisotopic (exact) mass is 401 g/mol. The molecule has 0 atom stereocenters. The standard InChI is InChI=1S/C23H31NO5/c1-4-6-7-8-11-16-22(26)29-20-14-12-17-23(27)28-19-13-9-10-15-21(25)24(3)18-5-2/h5,9-10,12-15,17-20H2,1-3H3. The average molecular weight is 402 g/mol. The van der Waals surface area contributed by atoms with Gasteiger partial charge in [0.1, 0.15) is 0 Å². The molecule has 0 rings (SSSR count). The Morgan fingerprint density at radius 1 is 0.828 bits per heavy atom. The van der Waals surface area contributed by atoms with Crippen LogP contribution in [0.5, 0.6) is 0 Å². The van der Waals surface area contributed by atoms with Crippen LogP contribution in [-0.2, 0) is 23.9 Å². The van der Waals surface area contributed by atoms with Crippen molar-refractivity contribution in [1.29, 1.82) is 0 Å². The van der Waals surface area contributed by atoms with Crippen molar-refractivity contribution in [2.24, 2.45) is 0 Å². The maximum Gasteiger partial charge on any atom is 0.385 e. The Kier molecular flexibility index (Phi) is 16.6. The first-order valence-corrected chi connectivity index (χ1v) is 10.00. The van der Waals surface area contributed by atoms with Crippen molar-refractivity contribution < 1.29 is 23.9 Å². The summed E-state index contributed by atoms with van der Waals surface area (Å²) in [6, 6.07) is 0. The topological polar surface area (TPSA) is 72.9 Å². The zero-order valence-corrected chi connectivity index (χ0v) is 17.8. The number of carbonyl (C=O) groups excluding carboxylic acids is 3. The maximum atomic E-state index is 11.8. The Bertz CT molecular complexity index is 694. The highest BCUT2D eigenvalue weighted by atomic mass is 16.5. The smallest absolute Gasteiger partial charge is 0.385 e. The number of ether oxygens (including phenoxy) is 2. The van der Waals surface area contributed by atoms with E-state index in [1.165, 1.54) is 0 Å². The van der Waals surface area contributed by atoms with Crippen LogP contribution >= 0.6 is 0 Å². The van der Waals surface area contributed by atoms with Crippen molar-refractivity contribution >= 4 is 17.8 Å². The SMILES string of the molecule is CC#CC#CC#CC(=O)OCCCCC(=O)OCCCCCC(=O)N(C)CCC. The van der Waals surface area contributed by atoms with Gasteiger partial charge in [0.05, 0.1) is 13.2 Å². The minimum absolute atomic E-state index is 0.161. The summed E-state index contributed by atoms with van der Waals surface area (Å²) in [4.78, 5) is 36.4. The van der Waals surface area contributed by atoms with Gasteiger partial charge in [-0.05, 0) is 69.1 Å². The van der Waals surface area contributed by atoms with E-state index in [1.807, 2.05) is 14.0 Å². The van der Waals surface area contributed by atoms with Crippen molar-refractivity contribution in [2.45, 2.75) is 65.2 Å². The molecule has 0 fully saturated rings. The summed E-state index contributed by atoms with van der Waals surface area (Å²) in [7, 11) is 1.82. The largest absolute Gasteiger partial charge is 0.466 e. The number of rotatable bonds is 13. The van der Waals surface area contributed by atoms with Gasteiger partial charge < -0.3 is 14.4 Å². The van der Waals surface area contributed by atoms with E-state index in [9.17, 15) is 14.4 Å². The Morgan fingerprint density at radius 2 is 1.48 bits per heavy atom. The molecular formula is C23H31NO5. The van der Waals surface area contributed by atoms with Gasteiger partial charge in [-0.2, -0.15) is 0 Å². The molecule has 0 aliphatic heterocycles. The van der Waals surface area contributed by atoms with Gasteiger partial charge in [-0.15, -0.1) is 0 Å². The second kappa shape index (κ2) is 18.5. The van der Waals surface area contributed by atoms with Gasteiger partial charge in [0.15, 0.2) is 0 Å². The summed E-state index contributed by atoms with van der Waals surface area (Å²) in [5.41, 5.74) is 0. The third kappa shape index (κ3) is 17.0. The van der Waals surface area contributed by atoms with E-state index in [1.54, 1.807) is 11.8 Å². The fraction of sp³-hybridized carbons (Fsp3) is 0.609. The molecule has 0 spiro atoms. The highest BCUT2D eigenvalue weighted by molar-refractivity contribution is 5.89. The highest BCUT2D eigenvalue weighted by Crippen LogP contribution is 2.05. The zero-order valence-electron chi connectivity index (χ0n) is 17.8. The molecule has 29 heavy (non-hydrogen) atoms. The maximum absolute atomic E-state index is 11.8. The molecule has 0 aromatic heterocycles. The predicted molar refractivity (Wildman–Crippen MR) is 111 cm³/mol.